The van der Waals surface area contributed by atoms with Crippen LogP contribution in [-0.4, -0.2) is 26.4 Å². The average molecular weight is 296 g/mol. The molecule has 0 aromatic heterocycles. The van der Waals surface area contributed by atoms with Crippen LogP contribution in [0.3, 0.4) is 0 Å². The van der Waals surface area contributed by atoms with Crippen LogP contribution in [-0.2, 0) is 11.3 Å². The maximum Gasteiger partial charge on any atom is 0.165 e. The average Bonchev–Trinajstić information content (AvgIpc) is 3.31. The van der Waals surface area contributed by atoms with Gasteiger partial charge < -0.3 is 9.47 Å². The molecule has 0 heterocycles. The Bertz CT molecular complexity index is 425. The third-order valence-corrected chi connectivity index (χ3v) is 3.38. The molecular formula is C16H25FN2O2. The van der Waals surface area contributed by atoms with Crippen molar-refractivity contribution in [2.75, 3.05) is 26.4 Å². The standard InChI is InChI=1S/C16H25FN2O2/c1-2-20-9-3-8-18-19-11-14-6-7-15(17)16(10-14)21-12-13-4-5-13/h6-7,10,13,18-19H,2-5,8-9,11-12H2,1H3. The van der Waals surface area contributed by atoms with Gasteiger partial charge in [-0.3, -0.25) is 10.9 Å². The lowest BCUT2D eigenvalue weighted by Crippen LogP contribution is -2.32. The van der Waals surface area contributed by atoms with Crippen molar-refractivity contribution < 1.29 is 13.9 Å². The number of hydrogen-bond acceptors (Lipinski definition) is 4. The minimum Gasteiger partial charge on any atom is -0.490 e. The summed E-state index contributed by atoms with van der Waals surface area (Å²) in [4.78, 5) is 0. The minimum atomic E-state index is -0.288. The van der Waals surface area contributed by atoms with Crippen LogP contribution in [0.2, 0.25) is 0 Å². The lowest BCUT2D eigenvalue weighted by atomic mass is 10.2. The summed E-state index contributed by atoms with van der Waals surface area (Å²) in [5.74, 6) is 0.694. The molecule has 2 N–H and O–H groups in total. The molecule has 21 heavy (non-hydrogen) atoms. The molecule has 0 saturated heterocycles. The SMILES string of the molecule is CCOCCCNNCc1ccc(F)c(OCC2CC2)c1. The van der Waals surface area contributed by atoms with Crippen molar-refractivity contribution in [1.82, 2.24) is 10.9 Å². The molecule has 4 nitrogen and oxygen atoms in total. The van der Waals surface area contributed by atoms with Gasteiger partial charge in [0.05, 0.1) is 6.61 Å². The Balaban J connectivity index is 1.66. The highest BCUT2D eigenvalue weighted by Gasteiger charge is 2.22. The fourth-order valence-electron chi connectivity index (χ4n) is 1.92. The first-order valence-electron chi connectivity index (χ1n) is 7.74. The molecule has 5 heteroatoms. The molecule has 0 bridgehead atoms. The third kappa shape index (κ3) is 6.42. The number of benzene rings is 1. The topological polar surface area (TPSA) is 42.5 Å². The zero-order chi connectivity index (χ0) is 14.9. The van der Waals surface area contributed by atoms with Crippen LogP contribution in [0.5, 0.6) is 5.75 Å². The Morgan fingerprint density at radius 2 is 2.14 bits per heavy atom. The van der Waals surface area contributed by atoms with Crippen LogP contribution >= 0.6 is 0 Å². The molecule has 118 valence electrons. The zero-order valence-electron chi connectivity index (χ0n) is 12.7. The van der Waals surface area contributed by atoms with Gasteiger partial charge in [0.15, 0.2) is 11.6 Å². The van der Waals surface area contributed by atoms with Gasteiger partial charge in [0.1, 0.15) is 0 Å². The smallest absolute Gasteiger partial charge is 0.165 e. The van der Waals surface area contributed by atoms with E-state index in [-0.39, 0.29) is 5.82 Å². The number of nitrogens with one attached hydrogen (secondary N) is 2. The highest BCUT2D eigenvalue weighted by Crippen LogP contribution is 2.30. The molecule has 0 radical (unpaired) electrons. The second-order valence-corrected chi connectivity index (χ2v) is 5.35. The summed E-state index contributed by atoms with van der Waals surface area (Å²) in [5, 5.41) is 0. The van der Waals surface area contributed by atoms with E-state index in [1.807, 2.05) is 6.92 Å². The number of hydrogen-bond donors (Lipinski definition) is 2. The van der Waals surface area contributed by atoms with Gasteiger partial charge in [0.25, 0.3) is 0 Å². The second kappa shape index (κ2) is 8.97. The van der Waals surface area contributed by atoms with Crippen LogP contribution in [0.1, 0.15) is 31.7 Å². The van der Waals surface area contributed by atoms with Gasteiger partial charge in [0.2, 0.25) is 0 Å². The lowest BCUT2D eigenvalue weighted by Gasteiger charge is -2.10. The Morgan fingerprint density at radius 1 is 1.29 bits per heavy atom. The van der Waals surface area contributed by atoms with Crippen LogP contribution in [0.15, 0.2) is 18.2 Å². The first-order valence-corrected chi connectivity index (χ1v) is 7.74. The molecule has 0 aliphatic heterocycles. The van der Waals surface area contributed by atoms with Gasteiger partial charge in [-0.05, 0) is 49.8 Å². The van der Waals surface area contributed by atoms with Gasteiger partial charge in [-0.1, -0.05) is 6.07 Å². The molecule has 1 fully saturated rings. The van der Waals surface area contributed by atoms with E-state index in [1.54, 1.807) is 12.1 Å². The molecule has 0 spiro atoms. The van der Waals surface area contributed by atoms with Crippen molar-refractivity contribution in [2.45, 2.75) is 32.7 Å². The Kier molecular flexibility index (Phi) is 6.92. The highest BCUT2D eigenvalue weighted by atomic mass is 19.1. The van der Waals surface area contributed by atoms with Gasteiger partial charge in [-0.2, -0.15) is 0 Å². The summed E-state index contributed by atoms with van der Waals surface area (Å²) in [5.41, 5.74) is 7.24. The number of hydrazine groups is 1. The summed E-state index contributed by atoms with van der Waals surface area (Å²) in [6.45, 7) is 5.61. The van der Waals surface area contributed by atoms with Crippen molar-refractivity contribution in [1.29, 1.82) is 0 Å². The van der Waals surface area contributed by atoms with Crippen molar-refractivity contribution in [2.24, 2.45) is 5.92 Å². The van der Waals surface area contributed by atoms with E-state index in [2.05, 4.69) is 10.9 Å². The lowest BCUT2D eigenvalue weighted by molar-refractivity contribution is 0.144. The largest absolute Gasteiger partial charge is 0.490 e. The van der Waals surface area contributed by atoms with E-state index in [1.165, 1.54) is 18.9 Å². The number of halogens is 1. The summed E-state index contributed by atoms with van der Waals surface area (Å²) in [6, 6.07) is 5.01. The molecule has 2 rings (SSSR count). The molecule has 0 amide bonds. The van der Waals surface area contributed by atoms with Gasteiger partial charge in [-0.25, -0.2) is 4.39 Å². The Labute approximate surface area is 126 Å². The van der Waals surface area contributed by atoms with E-state index < -0.39 is 0 Å². The van der Waals surface area contributed by atoms with Crippen LogP contribution in [0.25, 0.3) is 0 Å². The Hall–Kier alpha value is -1.17. The normalized spacial score (nSPS) is 14.4. The van der Waals surface area contributed by atoms with E-state index >= 15 is 0 Å². The predicted octanol–water partition coefficient (Wildman–Crippen LogP) is 2.64. The maximum atomic E-state index is 13.6. The van der Waals surface area contributed by atoms with E-state index in [0.717, 1.165) is 31.7 Å². The molecule has 1 aliphatic carbocycles. The fraction of sp³-hybridized carbons (Fsp3) is 0.625. The first kappa shape index (κ1) is 16.2. The van der Waals surface area contributed by atoms with Gasteiger partial charge >= 0.3 is 0 Å². The maximum absolute atomic E-state index is 13.6. The third-order valence-electron chi connectivity index (χ3n) is 3.38. The molecule has 1 saturated carbocycles. The highest BCUT2D eigenvalue weighted by molar-refractivity contribution is 5.30. The molecule has 1 aliphatic rings. The van der Waals surface area contributed by atoms with E-state index in [0.29, 0.717) is 24.8 Å². The minimum absolute atomic E-state index is 0.288. The van der Waals surface area contributed by atoms with E-state index in [4.69, 9.17) is 9.47 Å². The molecule has 1 aromatic rings. The van der Waals surface area contributed by atoms with E-state index in [9.17, 15) is 4.39 Å². The zero-order valence-corrected chi connectivity index (χ0v) is 12.7. The number of ether oxygens (including phenoxy) is 2. The summed E-state index contributed by atoms with van der Waals surface area (Å²) < 4.78 is 24.4. The summed E-state index contributed by atoms with van der Waals surface area (Å²) >= 11 is 0. The number of rotatable bonds is 11. The molecule has 0 unspecified atom stereocenters. The van der Waals surface area contributed by atoms with Crippen molar-refractivity contribution >= 4 is 0 Å². The second-order valence-electron chi connectivity index (χ2n) is 5.35. The Morgan fingerprint density at radius 3 is 2.90 bits per heavy atom. The summed E-state index contributed by atoms with van der Waals surface area (Å²) in [6.07, 6.45) is 3.36. The molecule has 0 atom stereocenters. The summed E-state index contributed by atoms with van der Waals surface area (Å²) in [7, 11) is 0. The van der Waals surface area contributed by atoms with Crippen LogP contribution in [0.4, 0.5) is 4.39 Å². The first-order chi connectivity index (χ1) is 10.3. The van der Waals surface area contributed by atoms with Crippen LogP contribution < -0.4 is 15.6 Å². The molecular weight excluding hydrogens is 271 g/mol. The van der Waals surface area contributed by atoms with Crippen LogP contribution in [0, 0.1) is 11.7 Å². The van der Waals surface area contributed by atoms with Crippen molar-refractivity contribution in [3.8, 4) is 5.75 Å². The quantitative estimate of drug-likeness (QED) is 0.487. The van der Waals surface area contributed by atoms with Crippen molar-refractivity contribution in [3.63, 3.8) is 0 Å². The van der Waals surface area contributed by atoms with Gasteiger partial charge in [0, 0.05) is 26.3 Å². The van der Waals surface area contributed by atoms with Crippen molar-refractivity contribution in [3.05, 3.63) is 29.6 Å². The molecule has 1 aromatic carbocycles. The van der Waals surface area contributed by atoms with Gasteiger partial charge in [-0.15, -0.1) is 0 Å². The monoisotopic (exact) mass is 296 g/mol. The fourth-order valence-corrected chi connectivity index (χ4v) is 1.92. The predicted molar refractivity (Wildman–Crippen MR) is 80.6 cm³/mol.